The smallest absolute Gasteiger partial charge is 0.237 e. The Morgan fingerprint density at radius 2 is 2.07 bits per heavy atom. The molecule has 0 saturated carbocycles. The second kappa shape index (κ2) is 4.72. The molecule has 1 aromatic rings. The molecule has 3 N–H and O–H groups in total. The minimum absolute atomic E-state index is 0.0188. The van der Waals surface area contributed by atoms with Crippen molar-refractivity contribution in [2.75, 3.05) is 0 Å². The van der Waals surface area contributed by atoms with E-state index in [2.05, 4.69) is 10.3 Å². The quantitative estimate of drug-likeness (QED) is 0.817. The first-order valence-corrected chi connectivity index (χ1v) is 5.73. The fourth-order valence-electron chi connectivity index (χ4n) is 1.36. The Hall–Kier alpha value is -0.940. The van der Waals surface area contributed by atoms with Crippen LogP contribution in [0.1, 0.15) is 35.5 Å². The van der Waals surface area contributed by atoms with Gasteiger partial charge in [-0.05, 0) is 27.7 Å². The number of carbonyl (C=O) groups excluding carboxylic acids is 1. The summed E-state index contributed by atoms with van der Waals surface area (Å²) in [6.07, 6.45) is 0. The molecular weight excluding hydrogens is 210 g/mol. The average Bonchev–Trinajstić information content (AvgIpc) is 2.44. The summed E-state index contributed by atoms with van der Waals surface area (Å²) < 4.78 is 0. The lowest BCUT2D eigenvalue weighted by molar-refractivity contribution is -0.122. The van der Waals surface area contributed by atoms with Crippen molar-refractivity contribution in [3.63, 3.8) is 0 Å². The molecule has 2 unspecified atom stereocenters. The zero-order valence-electron chi connectivity index (χ0n) is 9.50. The molecule has 0 aliphatic rings. The summed E-state index contributed by atoms with van der Waals surface area (Å²) in [6.45, 7) is 7.53. The van der Waals surface area contributed by atoms with Gasteiger partial charge in [0.05, 0.1) is 22.8 Å². The molecule has 1 aromatic heterocycles. The third kappa shape index (κ3) is 3.00. The Morgan fingerprint density at radius 3 is 2.47 bits per heavy atom. The number of amides is 1. The summed E-state index contributed by atoms with van der Waals surface area (Å²) >= 11 is 1.61. The van der Waals surface area contributed by atoms with Gasteiger partial charge in [0.25, 0.3) is 0 Å². The zero-order chi connectivity index (χ0) is 11.6. The number of rotatable bonds is 3. The van der Waals surface area contributed by atoms with Crippen LogP contribution in [0.4, 0.5) is 0 Å². The van der Waals surface area contributed by atoms with Gasteiger partial charge in [0.2, 0.25) is 5.91 Å². The second-order valence-corrected chi connectivity index (χ2v) is 4.94. The topological polar surface area (TPSA) is 68.0 Å². The van der Waals surface area contributed by atoms with Gasteiger partial charge in [0.1, 0.15) is 0 Å². The van der Waals surface area contributed by atoms with E-state index < -0.39 is 6.04 Å². The maximum atomic E-state index is 11.4. The predicted molar refractivity (Wildman–Crippen MR) is 61.8 cm³/mol. The van der Waals surface area contributed by atoms with E-state index >= 15 is 0 Å². The van der Waals surface area contributed by atoms with E-state index in [4.69, 9.17) is 5.73 Å². The highest BCUT2D eigenvalue weighted by molar-refractivity contribution is 7.11. The Bertz CT molecular complexity index is 360. The minimum Gasteiger partial charge on any atom is -0.347 e. The van der Waals surface area contributed by atoms with Gasteiger partial charge < -0.3 is 11.1 Å². The van der Waals surface area contributed by atoms with Crippen molar-refractivity contribution in [2.24, 2.45) is 5.73 Å². The van der Waals surface area contributed by atoms with Crippen LogP contribution in [-0.2, 0) is 4.79 Å². The van der Waals surface area contributed by atoms with Crippen LogP contribution in [0.5, 0.6) is 0 Å². The van der Waals surface area contributed by atoms with Gasteiger partial charge in [-0.25, -0.2) is 4.98 Å². The largest absolute Gasteiger partial charge is 0.347 e. The zero-order valence-corrected chi connectivity index (χ0v) is 10.3. The van der Waals surface area contributed by atoms with Crippen LogP contribution in [0, 0.1) is 13.8 Å². The SMILES string of the molecule is Cc1nc(C)c(C(C)NC(=O)C(C)N)s1. The molecule has 0 bridgehead atoms. The number of carbonyl (C=O) groups is 1. The molecule has 84 valence electrons. The molecular formula is C10H17N3OS. The summed E-state index contributed by atoms with van der Waals surface area (Å²) in [7, 11) is 0. The lowest BCUT2D eigenvalue weighted by atomic mass is 10.2. The van der Waals surface area contributed by atoms with Crippen molar-refractivity contribution in [1.29, 1.82) is 0 Å². The number of hydrogen-bond donors (Lipinski definition) is 2. The highest BCUT2D eigenvalue weighted by atomic mass is 32.1. The van der Waals surface area contributed by atoms with Crippen LogP contribution < -0.4 is 11.1 Å². The van der Waals surface area contributed by atoms with Crippen LogP contribution in [0.25, 0.3) is 0 Å². The molecule has 0 aliphatic carbocycles. The molecule has 1 rings (SSSR count). The van der Waals surface area contributed by atoms with Crippen molar-refractivity contribution in [3.05, 3.63) is 15.6 Å². The molecule has 1 heterocycles. The first-order valence-electron chi connectivity index (χ1n) is 4.91. The van der Waals surface area contributed by atoms with Crippen LogP contribution >= 0.6 is 11.3 Å². The average molecular weight is 227 g/mol. The van der Waals surface area contributed by atoms with Gasteiger partial charge in [-0.1, -0.05) is 0 Å². The first-order chi connectivity index (χ1) is 6.91. The number of nitrogens with one attached hydrogen (secondary N) is 1. The number of aromatic nitrogens is 1. The van der Waals surface area contributed by atoms with Crippen LogP contribution in [-0.4, -0.2) is 16.9 Å². The van der Waals surface area contributed by atoms with Gasteiger partial charge in [-0.2, -0.15) is 0 Å². The molecule has 4 nitrogen and oxygen atoms in total. The van der Waals surface area contributed by atoms with Crippen molar-refractivity contribution in [3.8, 4) is 0 Å². The Labute approximate surface area is 93.9 Å². The molecule has 0 aromatic carbocycles. The summed E-state index contributed by atoms with van der Waals surface area (Å²) in [4.78, 5) is 16.8. The molecule has 15 heavy (non-hydrogen) atoms. The number of nitrogens with zero attached hydrogens (tertiary/aromatic N) is 1. The molecule has 2 atom stereocenters. The van der Waals surface area contributed by atoms with E-state index in [9.17, 15) is 4.79 Å². The Kier molecular flexibility index (Phi) is 3.82. The fourth-order valence-corrected chi connectivity index (χ4v) is 2.29. The van der Waals surface area contributed by atoms with E-state index in [0.717, 1.165) is 15.6 Å². The maximum absolute atomic E-state index is 11.4. The van der Waals surface area contributed by atoms with Crippen molar-refractivity contribution in [1.82, 2.24) is 10.3 Å². The van der Waals surface area contributed by atoms with Gasteiger partial charge in [-0.3, -0.25) is 4.79 Å². The number of aryl methyl sites for hydroxylation is 2. The second-order valence-electron chi connectivity index (χ2n) is 3.70. The van der Waals surface area contributed by atoms with Gasteiger partial charge in [0.15, 0.2) is 0 Å². The monoisotopic (exact) mass is 227 g/mol. The van der Waals surface area contributed by atoms with Gasteiger partial charge in [-0.15, -0.1) is 11.3 Å². The molecule has 0 aliphatic heterocycles. The summed E-state index contributed by atoms with van der Waals surface area (Å²) in [5.74, 6) is -0.132. The van der Waals surface area contributed by atoms with E-state index in [0.29, 0.717) is 0 Å². The summed E-state index contributed by atoms with van der Waals surface area (Å²) in [6, 6.07) is -0.489. The molecule has 1 amide bonds. The van der Waals surface area contributed by atoms with Crippen molar-refractivity contribution < 1.29 is 4.79 Å². The number of nitrogens with two attached hydrogens (primary N) is 1. The third-order valence-corrected chi connectivity index (χ3v) is 3.36. The Balaban J connectivity index is 2.73. The third-order valence-electron chi connectivity index (χ3n) is 2.11. The summed E-state index contributed by atoms with van der Waals surface area (Å²) in [5.41, 5.74) is 6.46. The molecule has 0 fully saturated rings. The lowest BCUT2D eigenvalue weighted by Crippen LogP contribution is -2.39. The molecule has 5 heteroatoms. The fraction of sp³-hybridized carbons (Fsp3) is 0.600. The lowest BCUT2D eigenvalue weighted by Gasteiger charge is -2.14. The number of hydrogen-bond acceptors (Lipinski definition) is 4. The molecule has 0 radical (unpaired) electrons. The van der Waals surface area contributed by atoms with Crippen LogP contribution in [0.15, 0.2) is 0 Å². The van der Waals surface area contributed by atoms with E-state index in [1.54, 1.807) is 18.3 Å². The normalized spacial score (nSPS) is 14.7. The van der Waals surface area contributed by atoms with Gasteiger partial charge in [0, 0.05) is 4.88 Å². The van der Waals surface area contributed by atoms with Crippen LogP contribution in [0.2, 0.25) is 0 Å². The summed E-state index contributed by atoms with van der Waals surface area (Å²) in [5, 5.41) is 3.87. The van der Waals surface area contributed by atoms with E-state index in [1.165, 1.54) is 0 Å². The highest BCUT2D eigenvalue weighted by Crippen LogP contribution is 2.24. The van der Waals surface area contributed by atoms with Crippen molar-refractivity contribution in [2.45, 2.75) is 39.8 Å². The molecule has 0 saturated heterocycles. The van der Waals surface area contributed by atoms with Crippen LogP contribution in [0.3, 0.4) is 0 Å². The van der Waals surface area contributed by atoms with E-state index in [-0.39, 0.29) is 11.9 Å². The standard InChI is InChI=1S/C10H17N3OS/c1-5(11)10(14)13-7(3)9-6(2)12-8(4)15-9/h5,7H,11H2,1-4H3,(H,13,14). The minimum atomic E-state index is -0.471. The predicted octanol–water partition coefficient (Wildman–Crippen LogP) is 1.28. The van der Waals surface area contributed by atoms with Gasteiger partial charge >= 0.3 is 0 Å². The maximum Gasteiger partial charge on any atom is 0.237 e. The number of thiazole rings is 1. The first kappa shape index (κ1) is 12.1. The highest BCUT2D eigenvalue weighted by Gasteiger charge is 2.16. The van der Waals surface area contributed by atoms with E-state index in [1.807, 2.05) is 20.8 Å². The molecule has 0 spiro atoms. The van der Waals surface area contributed by atoms with Crippen molar-refractivity contribution >= 4 is 17.2 Å². The Morgan fingerprint density at radius 1 is 1.47 bits per heavy atom.